The Morgan fingerprint density at radius 2 is 2.04 bits per heavy atom. The molecule has 0 aliphatic carbocycles. The van der Waals surface area contributed by atoms with Gasteiger partial charge in [-0.2, -0.15) is 0 Å². The Balaban J connectivity index is 1.40. The highest BCUT2D eigenvalue weighted by molar-refractivity contribution is 6.28. The van der Waals surface area contributed by atoms with Gasteiger partial charge < -0.3 is 14.6 Å². The summed E-state index contributed by atoms with van der Waals surface area (Å²) in [5, 5.41) is 7.05. The third-order valence-corrected chi connectivity index (χ3v) is 5.45. The van der Waals surface area contributed by atoms with Crippen LogP contribution in [0.4, 0.5) is 0 Å². The number of piperidine rings is 3. The summed E-state index contributed by atoms with van der Waals surface area (Å²) in [7, 11) is 0. The molecule has 1 amide bonds. The zero-order valence-corrected chi connectivity index (χ0v) is 14.7. The van der Waals surface area contributed by atoms with Gasteiger partial charge in [-0.15, -0.1) is 0 Å². The summed E-state index contributed by atoms with van der Waals surface area (Å²) >= 11 is 5.66. The summed E-state index contributed by atoms with van der Waals surface area (Å²) in [6, 6.07) is 9.07. The summed E-state index contributed by atoms with van der Waals surface area (Å²) in [5.74, 6) is 1.39. The summed E-state index contributed by atoms with van der Waals surface area (Å²) in [4.78, 5) is 15.1. The molecular formula is C18H20ClN3O3. The molecule has 1 aromatic carbocycles. The second-order valence-corrected chi connectivity index (χ2v) is 7.08. The first-order valence-electron chi connectivity index (χ1n) is 8.55. The minimum absolute atomic E-state index is 0.0402. The van der Waals surface area contributed by atoms with E-state index in [4.69, 9.17) is 20.9 Å². The molecular weight excluding hydrogens is 342 g/mol. The van der Waals surface area contributed by atoms with Gasteiger partial charge in [0.15, 0.2) is 0 Å². The summed E-state index contributed by atoms with van der Waals surface area (Å²) < 4.78 is 10.3. The lowest BCUT2D eigenvalue weighted by atomic mass is 9.79. The highest BCUT2D eigenvalue weighted by Gasteiger charge is 2.40. The molecule has 132 valence electrons. The number of amides is 1. The maximum Gasteiger partial charge on any atom is 0.261 e. The first kappa shape index (κ1) is 16.4. The molecule has 2 bridgehead atoms. The normalized spacial score (nSPS) is 27.9. The molecule has 0 spiro atoms. The number of nitrogens with one attached hydrogen (secondary N) is 1. The van der Waals surface area contributed by atoms with Crippen LogP contribution in [-0.4, -0.2) is 41.1 Å². The topological polar surface area (TPSA) is 67.6 Å². The van der Waals surface area contributed by atoms with Crippen LogP contribution < -0.4 is 10.1 Å². The van der Waals surface area contributed by atoms with Crippen molar-refractivity contribution >= 4 is 17.5 Å². The molecule has 2 atom stereocenters. The van der Waals surface area contributed by atoms with Gasteiger partial charge in [0.2, 0.25) is 5.22 Å². The molecule has 3 saturated heterocycles. The fraction of sp³-hybridized carbons (Fsp3) is 0.444. The lowest BCUT2D eigenvalue weighted by molar-refractivity contribution is 0.0217. The molecule has 2 aromatic rings. The quantitative estimate of drug-likeness (QED) is 0.904. The molecule has 0 unspecified atom stereocenters. The first-order chi connectivity index (χ1) is 12.1. The number of aromatic nitrogens is 1. The van der Waals surface area contributed by atoms with Crippen LogP contribution in [0.15, 0.2) is 34.9 Å². The largest absolute Gasteiger partial charge is 0.436 e. The van der Waals surface area contributed by atoms with Gasteiger partial charge in [0.25, 0.3) is 11.8 Å². The van der Waals surface area contributed by atoms with Crippen LogP contribution in [0, 0.1) is 5.92 Å². The van der Waals surface area contributed by atoms with Crippen LogP contribution in [0.5, 0.6) is 11.6 Å². The van der Waals surface area contributed by atoms with Crippen molar-refractivity contribution in [2.45, 2.75) is 31.8 Å². The number of fused-ring (bicyclic) bond motifs is 3. The monoisotopic (exact) mass is 361 g/mol. The Morgan fingerprint density at radius 1 is 1.32 bits per heavy atom. The zero-order valence-electron chi connectivity index (χ0n) is 13.9. The minimum atomic E-state index is -0.0402. The number of hydrogen-bond donors (Lipinski definition) is 1. The van der Waals surface area contributed by atoms with E-state index in [1.807, 2.05) is 0 Å². The Kier molecular flexibility index (Phi) is 4.39. The number of ether oxygens (including phenoxy) is 1. The number of benzene rings is 1. The second kappa shape index (κ2) is 6.69. The number of carbonyl (C=O) groups excluding carboxylic acids is 1. The number of halogens is 1. The number of nitrogens with zero attached hydrogens (tertiary/aromatic N) is 2. The molecule has 3 fully saturated rings. The number of carbonyl (C=O) groups is 1. The Morgan fingerprint density at radius 3 is 2.64 bits per heavy atom. The fourth-order valence-corrected chi connectivity index (χ4v) is 3.99. The van der Waals surface area contributed by atoms with Crippen LogP contribution in [-0.2, 0) is 0 Å². The summed E-state index contributed by atoms with van der Waals surface area (Å²) in [5.41, 5.74) is 0.620. The molecule has 5 rings (SSSR count). The molecule has 4 heterocycles. The third kappa shape index (κ3) is 3.37. The number of hydrogen-bond acceptors (Lipinski definition) is 5. The average molecular weight is 362 g/mol. The van der Waals surface area contributed by atoms with Crippen molar-refractivity contribution < 1.29 is 14.1 Å². The van der Waals surface area contributed by atoms with E-state index in [-0.39, 0.29) is 23.0 Å². The van der Waals surface area contributed by atoms with Crippen LogP contribution >= 0.6 is 11.6 Å². The van der Waals surface area contributed by atoms with E-state index in [1.54, 1.807) is 24.3 Å². The van der Waals surface area contributed by atoms with Crippen LogP contribution in [0.1, 0.15) is 30.1 Å². The Bertz CT molecular complexity index is 751. The molecule has 0 saturated carbocycles. The smallest absolute Gasteiger partial charge is 0.261 e. The lowest BCUT2D eigenvalue weighted by Crippen LogP contribution is -2.62. The van der Waals surface area contributed by atoms with Crippen molar-refractivity contribution in [2.75, 3.05) is 13.1 Å². The summed E-state index contributed by atoms with van der Waals surface area (Å²) in [6.45, 7) is 4.50. The van der Waals surface area contributed by atoms with Gasteiger partial charge in [-0.05, 0) is 79.8 Å². The SMILES string of the molecule is C[C@@H]1[C@H](NC(=O)c2ccc(Oc3cc(Cl)on3)cc2)C2CCN1CC2. The minimum Gasteiger partial charge on any atom is -0.436 e. The highest BCUT2D eigenvalue weighted by Crippen LogP contribution is 2.32. The highest BCUT2D eigenvalue weighted by atomic mass is 35.5. The predicted octanol–water partition coefficient (Wildman–Crippen LogP) is 3.33. The molecule has 3 aliphatic heterocycles. The lowest BCUT2D eigenvalue weighted by Gasteiger charge is -2.49. The zero-order chi connectivity index (χ0) is 17.4. The third-order valence-electron chi connectivity index (χ3n) is 5.27. The van der Waals surface area contributed by atoms with E-state index < -0.39 is 0 Å². The Hall–Kier alpha value is -2.05. The van der Waals surface area contributed by atoms with Gasteiger partial charge in [0.05, 0.1) is 6.07 Å². The maximum absolute atomic E-state index is 12.6. The van der Waals surface area contributed by atoms with E-state index in [0.717, 1.165) is 13.1 Å². The van der Waals surface area contributed by atoms with Crippen LogP contribution in [0.3, 0.4) is 0 Å². The van der Waals surface area contributed by atoms with Gasteiger partial charge in [0, 0.05) is 17.6 Å². The van der Waals surface area contributed by atoms with Crippen LogP contribution in [0.25, 0.3) is 0 Å². The summed E-state index contributed by atoms with van der Waals surface area (Å²) in [6.07, 6.45) is 2.34. The van der Waals surface area contributed by atoms with E-state index in [2.05, 4.69) is 22.3 Å². The molecule has 7 heteroatoms. The molecule has 25 heavy (non-hydrogen) atoms. The van der Waals surface area contributed by atoms with Crippen molar-refractivity contribution in [3.05, 3.63) is 41.1 Å². The van der Waals surface area contributed by atoms with E-state index in [0.29, 0.717) is 23.3 Å². The van der Waals surface area contributed by atoms with Crippen molar-refractivity contribution in [3.8, 4) is 11.6 Å². The predicted molar refractivity (Wildman–Crippen MR) is 93.0 cm³/mol. The van der Waals surface area contributed by atoms with Crippen LogP contribution in [0.2, 0.25) is 5.22 Å². The van der Waals surface area contributed by atoms with Gasteiger partial charge in [-0.25, -0.2) is 0 Å². The van der Waals surface area contributed by atoms with Crippen molar-refractivity contribution in [1.82, 2.24) is 15.4 Å². The maximum atomic E-state index is 12.6. The van der Waals surface area contributed by atoms with Crippen molar-refractivity contribution in [3.63, 3.8) is 0 Å². The van der Waals surface area contributed by atoms with E-state index >= 15 is 0 Å². The molecule has 0 radical (unpaired) electrons. The fourth-order valence-electron chi connectivity index (χ4n) is 3.86. The van der Waals surface area contributed by atoms with Crippen molar-refractivity contribution in [2.24, 2.45) is 5.92 Å². The molecule has 1 aromatic heterocycles. The molecule has 3 aliphatic rings. The van der Waals surface area contributed by atoms with Gasteiger partial charge >= 0.3 is 0 Å². The van der Waals surface area contributed by atoms with Gasteiger partial charge in [0.1, 0.15) is 5.75 Å². The molecule has 6 nitrogen and oxygen atoms in total. The Labute approximate surface area is 151 Å². The first-order valence-corrected chi connectivity index (χ1v) is 8.93. The molecule has 1 N–H and O–H groups in total. The van der Waals surface area contributed by atoms with Gasteiger partial charge in [-0.1, -0.05) is 0 Å². The second-order valence-electron chi connectivity index (χ2n) is 6.71. The number of rotatable bonds is 4. The van der Waals surface area contributed by atoms with Gasteiger partial charge in [-0.3, -0.25) is 9.69 Å². The van der Waals surface area contributed by atoms with E-state index in [9.17, 15) is 4.79 Å². The van der Waals surface area contributed by atoms with E-state index in [1.165, 1.54) is 18.9 Å². The average Bonchev–Trinajstić information content (AvgIpc) is 3.04. The standard InChI is InChI=1S/C18H20ClN3O3/c1-11-17(12-6-8-22(11)9-7-12)20-18(23)13-2-4-14(5-3-13)24-16-10-15(19)25-21-16/h2-5,10-12,17H,6-9H2,1H3,(H,20,23)/t11-,17+/m1/s1. The van der Waals surface area contributed by atoms with Crippen molar-refractivity contribution in [1.29, 1.82) is 0 Å².